The molecule has 0 radical (unpaired) electrons. The fraction of sp³-hybridized carbons (Fsp3) is 0.594. The number of rotatable bonds is 14. The molecule has 0 spiro atoms. The Morgan fingerprint density at radius 3 is 2.31 bits per heavy atom. The van der Waals surface area contributed by atoms with Gasteiger partial charge in [0.25, 0.3) is 0 Å². The number of benzene rings is 2. The van der Waals surface area contributed by atoms with Crippen molar-refractivity contribution in [1.29, 1.82) is 0 Å². The molecular weight excluding hydrogens is 432 g/mol. The van der Waals surface area contributed by atoms with Gasteiger partial charge in [-0.05, 0) is 66.7 Å². The second-order valence-corrected chi connectivity index (χ2v) is 10.6. The summed E-state index contributed by atoms with van der Waals surface area (Å²) < 4.78 is 11.0. The van der Waals surface area contributed by atoms with Gasteiger partial charge in [-0.3, -0.25) is 4.79 Å². The SMILES string of the molecule is CCCCCCCCCc1ccc2c(c1)CC[C@H](CC(=O)c1ccc(CCC3OCCO3)cc1)C2. The first-order valence-corrected chi connectivity index (χ1v) is 14.2. The Morgan fingerprint density at radius 1 is 0.829 bits per heavy atom. The number of ketones is 1. The maximum absolute atomic E-state index is 12.9. The van der Waals surface area contributed by atoms with E-state index >= 15 is 0 Å². The minimum atomic E-state index is -0.0677. The molecule has 0 saturated carbocycles. The summed E-state index contributed by atoms with van der Waals surface area (Å²) in [6.45, 7) is 3.67. The van der Waals surface area contributed by atoms with E-state index in [2.05, 4.69) is 37.3 Å². The van der Waals surface area contributed by atoms with E-state index in [1.165, 1.54) is 73.6 Å². The number of hydrogen-bond donors (Lipinski definition) is 0. The van der Waals surface area contributed by atoms with Gasteiger partial charge in [0.1, 0.15) is 0 Å². The molecule has 3 heteroatoms. The van der Waals surface area contributed by atoms with Crippen LogP contribution in [0.3, 0.4) is 0 Å². The topological polar surface area (TPSA) is 35.5 Å². The summed E-state index contributed by atoms with van der Waals surface area (Å²) in [5.41, 5.74) is 6.56. The maximum atomic E-state index is 12.9. The smallest absolute Gasteiger partial charge is 0.163 e. The van der Waals surface area contributed by atoms with Crippen LogP contribution in [-0.4, -0.2) is 25.3 Å². The van der Waals surface area contributed by atoms with Crippen LogP contribution in [0.2, 0.25) is 0 Å². The Balaban J connectivity index is 1.19. The number of hydrogen-bond acceptors (Lipinski definition) is 3. The molecule has 1 aliphatic carbocycles. The molecule has 0 bridgehead atoms. The molecule has 1 fully saturated rings. The summed E-state index contributed by atoms with van der Waals surface area (Å²) >= 11 is 0. The van der Waals surface area contributed by atoms with Gasteiger partial charge in [0.05, 0.1) is 13.2 Å². The summed E-state index contributed by atoms with van der Waals surface area (Å²) in [4.78, 5) is 12.9. The molecule has 2 aliphatic rings. The molecule has 1 aliphatic heterocycles. The van der Waals surface area contributed by atoms with Crippen LogP contribution < -0.4 is 0 Å². The van der Waals surface area contributed by atoms with Crippen molar-refractivity contribution in [1.82, 2.24) is 0 Å². The predicted molar refractivity (Wildman–Crippen MR) is 143 cm³/mol. The third kappa shape index (κ3) is 8.29. The largest absolute Gasteiger partial charge is 0.350 e. The molecule has 1 atom stereocenters. The number of unbranched alkanes of at least 4 members (excludes halogenated alkanes) is 6. The lowest BCUT2D eigenvalue weighted by Gasteiger charge is -2.25. The first-order chi connectivity index (χ1) is 17.2. The van der Waals surface area contributed by atoms with Crippen molar-refractivity contribution in [2.75, 3.05) is 13.2 Å². The molecule has 0 N–H and O–H groups in total. The fourth-order valence-corrected chi connectivity index (χ4v) is 5.60. The Kier molecular flexibility index (Phi) is 10.4. The highest BCUT2D eigenvalue weighted by molar-refractivity contribution is 5.96. The van der Waals surface area contributed by atoms with Gasteiger partial charge in [-0.15, -0.1) is 0 Å². The number of fused-ring (bicyclic) bond motifs is 1. The summed E-state index contributed by atoms with van der Waals surface area (Å²) in [7, 11) is 0. The quantitative estimate of drug-likeness (QED) is 0.207. The van der Waals surface area contributed by atoms with Gasteiger partial charge in [0.15, 0.2) is 12.1 Å². The van der Waals surface area contributed by atoms with E-state index < -0.39 is 0 Å². The predicted octanol–water partition coefficient (Wildman–Crippen LogP) is 7.66. The molecule has 0 aromatic heterocycles. The Morgan fingerprint density at radius 2 is 1.54 bits per heavy atom. The molecule has 1 saturated heterocycles. The summed E-state index contributed by atoms with van der Waals surface area (Å²) in [6, 6.07) is 15.3. The highest BCUT2D eigenvalue weighted by Crippen LogP contribution is 2.30. The molecule has 190 valence electrons. The van der Waals surface area contributed by atoms with E-state index in [-0.39, 0.29) is 12.1 Å². The zero-order valence-electron chi connectivity index (χ0n) is 21.7. The lowest BCUT2D eigenvalue weighted by atomic mass is 9.80. The Labute approximate surface area is 212 Å². The van der Waals surface area contributed by atoms with E-state index in [9.17, 15) is 4.79 Å². The number of ether oxygens (including phenoxy) is 2. The Hall–Kier alpha value is -1.97. The van der Waals surface area contributed by atoms with Crippen LogP contribution in [-0.2, 0) is 35.2 Å². The summed E-state index contributed by atoms with van der Waals surface area (Å²) in [5.74, 6) is 0.739. The van der Waals surface area contributed by atoms with Crippen LogP contribution in [0.5, 0.6) is 0 Å². The van der Waals surface area contributed by atoms with Gasteiger partial charge < -0.3 is 9.47 Å². The molecule has 4 rings (SSSR count). The van der Waals surface area contributed by atoms with E-state index in [4.69, 9.17) is 9.47 Å². The lowest BCUT2D eigenvalue weighted by molar-refractivity contribution is -0.0462. The van der Waals surface area contributed by atoms with Crippen molar-refractivity contribution < 1.29 is 14.3 Å². The average molecular weight is 477 g/mol. The summed E-state index contributed by atoms with van der Waals surface area (Å²) in [5, 5.41) is 0. The van der Waals surface area contributed by atoms with Gasteiger partial charge in [-0.2, -0.15) is 0 Å². The number of carbonyl (C=O) groups is 1. The maximum Gasteiger partial charge on any atom is 0.163 e. The minimum absolute atomic E-state index is 0.0677. The van der Waals surface area contributed by atoms with Gasteiger partial charge in [0.2, 0.25) is 0 Å². The first kappa shape index (κ1) is 26.1. The molecule has 2 aromatic carbocycles. The van der Waals surface area contributed by atoms with E-state index in [1.807, 2.05) is 12.1 Å². The van der Waals surface area contributed by atoms with Crippen LogP contribution in [0, 0.1) is 5.92 Å². The van der Waals surface area contributed by atoms with E-state index in [0.29, 0.717) is 25.6 Å². The molecule has 35 heavy (non-hydrogen) atoms. The second-order valence-electron chi connectivity index (χ2n) is 10.6. The van der Waals surface area contributed by atoms with Gasteiger partial charge in [0, 0.05) is 18.4 Å². The number of carbonyl (C=O) groups excluding carboxylic acids is 1. The highest BCUT2D eigenvalue weighted by Gasteiger charge is 2.22. The number of aryl methyl sites for hydroxylation is 3. The van der Waals surface area contributed by atoms with Gasteiger partial charge >= 0.3 is 0 Å². The van der Waals surface area contributed by atoms with Crippen molar-refractivity contribution >= 4 is 5.78 Å². The van der Waals surface area contributed by atoms with Gasteiger partial charge in [-0.25, -0.2) is 0 Å². The van der Waals surface area contributed by atoms with Crippen molar-refractivity contribution in [3.05, 3.63) is 70.3 Å². The molecular formula is C32H44O3. The molecule has 1 heterocycles. The van der Waals surface area contributed by atoms with Crippen LogP contribution in [0.25, 0.3) is 0 Å². The monoisotopic (exact) mass is 476 g/mol. The minimum Gasteiger partial charge on any atom is -0.350 e. The third-order valence-corrected chi connectivity index (χ3v) is 7.78. The fourth-order valence-electron chi connectivity index (χ4n) is 5.60. The standard InChI is InChI=1S/C32H44O3/c1-2-3-4-5-6-7-8-9-26-12-17-30-23-27(13-18-29(30)22-26)24-31(33)28-15-10-25(11-16-28)14-19-32-34-20-21-35-32/h10-12,15-17,22,27,32H,2-9,13-14,18-21,23-24H2,1H3/t27-/m0/s1. The zero-order chi connectivity index (χ0) is 24.3. The second kappa shape index (κ2) is 13.9. The molecule has 0 amide bonds. The lowest BCUT2D eigenvalue weighted by Crippen LogP contribution is -2.18. The molecule has 3 nitrogen and oxygen atoms in total. The van der Waals surface area contributed by atoms with Crippen molar-refractivity contribution in [3.8, 4) is 0 Å². The van der Waals surface area contributed by atoms with Crippen LogP contribution in [0.4, 0.5) is 0 Å². The summed E-state index contributed by atoms with van der Waals surface area (Å²) in [6.07, 6.45) is 16.4. The van der Waals surface area contributed by atoms with Crippen LogP contribution in [0.15, 0.2) is 42.5 Å². The molecule has 0 unspecified atom stereocenters. The van der Waals surface area contributed by atoms with Crippen molar-refractivity contribution in [2.45, 2.75) is 103 Å². The normalized spacial score (nSPS) is 18.0. The average Bonchev–Trinajstić information content (AvgIpc) is 3.41. The van der Waals surface area contributed by atoms with Crippen molar-refractivity contribution in [2.24, 2.45) is 5.92 Å². The van der Waals surface area contributed by atoms with E-state index in [1.54, 1.807) is 0 Å². The van der Waals surface area contributed by atoms with Gasteiger partial charge in [-0.1, -0.05) is 87.9 Å². The highest BCUT2D eigenvalue weighted by atomic mass is 16.7. The van der Waals surface area contributed by atoms with Crippen LogP contribution in [0.1, 0.15) is 104 Å². The van der Waals surface area contributed by atoms with Crippen molar-refractivity contribution in [3.63, 3.8) is 0 Å². The zero-order valence-corrected chi connectivity index (χ0v) is 21.7. The van der Waals surface area contributed by atoms with E-state index in [0.717, 1.165) is 37.7 Å². The number of Topliss-reactive ketones (excluding diaryl/α,β-unsaturated/α-hetero) is 1. The molecule has 2 aromatic rings. The van der Waals surface area contributed by atoms with Crippen LogP contribution >= 0.6 is 0 Å². The first-order valence-electron chi connectivity index (χ1n) is 14.2. The third-order valence-electron chi connectivity index (χ3n) is 7.78. The Bertz CT molecular complexity index is 911.